The lowest BCUT2D eigenvalue weighted by Crippen LogP contribution is -2.14. The van der Waals surface area contributed by atoms with Gasteiger partial charge in [0.1, 0.15) is 10.7 Å². The van der Waals surface area contributed by atoms with Crippen LogP contribution in [-0.4, -0.2) is 28.8 Å². The summed E-state index contributed by atoms with van der Waals surface area (Å²) in [5.74, 6) is -0.00342. The van der Waals surface area contributed by atoms with Gasteiger partial charge in [-0.15, -0.1) is 0 Å². The minimum absolute atomic E-state index is 0.00342. The molecule has 0 aliphatic carbocycles. The molecule has 2 heterocycles. The highest BCUT2D eigenvalue weighted by atomic mass is 32.2. The van der Waals surface area contributed by atoms with Gasteiger partial charge in [0, 0.05) is 0 Å². The summed E-state index contributed by atoms with van der Waals surface area (Å²) in [6, 6.07) is 0. The van der Waals surface area contributed by atoms with E-state index in [1.807, 2.05) is 0 Å². The fourth-order valence-electron chi connectivity index (χ4n) is 1.39. The van der Waals surface area contributed by atoms with Crippen molar-refractivity contribution in [3.8, 4) is 0 Å². The Morgan fingerprint density at radius 1 is 1.35 bits per heavy atom. The number of nitrogen functional groups attached to an aromatic ring is 1. The summed E-state index contributed by atoms with van der Waals surface area (Å²) in [6.07, 6.45) is 1.16. The molecule has 0 unspecified atom stereocenters. The average molecular weight is 256 g/mol. The third kappa shape index (κ3) is 1.96. The van der Waals surface area contributed by atoms with Crippen LogP contribution in [0.2, 0.25) is 0 Å². The Bertz CT molecular complexity index is 621. The van der Waals surface area contributed by atoms with Crippen molar-refractivity contribution in [1.29, 1.82) is 0 Å². The van der Waals surface area contributed by atoms with Gasteiger partial charge in [-0.1, -0.05) is 0 Å². The van der Waals surface area contributed by atoms with E-state index >= 15 is 0 Å². The van der Waals surface area contributed by atoms with Crippen molar-refractivity contribution < 1.29 is 8.42 Å². The van der Waals surface area contributed by atoms with Crippen LogP contribution in [0, 0.1) is 13.8 Å². The van der Waals surface area contributed by atoms with Crippen LogP contribution in [0.4, 0.5) is 11.5 Å². The summed E-state index contributed by atoms with van der Waals surface area (Å²) in [6.45, 7) is 3.41. The Kier molecular flexibility index (Phi) is 2.54. The SMILES string of the molecule is Cc1n[nH]c(C)c1NS(=O)(=O)c1cn[nH]c1N. The van der Waals surface area contributed by atoms with E-state index in [2.05, 4.69) is 25.1 Å². The minimum atomic E-state index is -3.74. The maximum Gasteiger partial charge on any atom is 0.267 e. The summed E-state index contributed by atoms with van der Waals surface area (Å²) < 4.78 is 26.4. The van der Waals surface area contributed by atoms with Crippen molar-refractivity contribution >= 4 is 21.5 Å². The normalized spacial score (nSPS) is 11.6. The quantitative estimate of drug-likeness (QED) is 0.620. The first-order valence-corrected chi connectivity index (χ1v) is 6.23. The fourth-order valence-corrected chi connectivity index (χ4v) is 2.60. The number of nitrogens with one attached hydrogen (secondary N) is 3. The molecule has 2 aromatic heterocycles. The van der Waals surface area contributed by atoms with E-state index in [4.69, 9.17) is 5.73 Å². The molecular formula is C8H12N6O2S. The van der Waals surface area contributed by atoms with Crippen LogP contribution in [0.25, 0.3) is 0 Å². The topological polar surface area (TPSA) is 130 Å². The summed E-state index contributed by atoms with van der Waals surface area (Å²) in [5, 5.41) is 12.5. The predicted octanol–water partition coefficient (Wildman–Crippen LogP) is 0.133. The number of anilines is 2. The smallest absolute Gasteiger partial charge is 0.267 e. The molecule has 8 nitrogen and oxygen atoms in total. The number of H-pyrrole nitrogens is 2. The van der Waals surface area contributed by atoms with Gasteiger partial charge in [-0.25, -0.2) is 8.42 Å². The fraction of sp³-hybridized carbons (Fsp3) is 0.250. The standard InChI is InChI=1S/C8H12N6O2S/c1-4-7(5(2)12-11-4)14-17(15,16)6-3-10-13-8(6)9/h3,14H,1-2H3,(H,11,12)(H3,9,10,13). The number of hydrogen-bond acceptors (Lipinski definition) is 5. The highest BCUT2D eigenvalue weighted by Crippen LogP contribution is 2.22. The molecule has 0 aromatic carbocycles. The molecule has 0 spiro atoms. The van der Waals surface area contributed by atoms with E-state index in [0.717, 1.165) is 6.20 Å². The molecular weight excluding hydrogens is 244 g/mol. The van der Waals surface area contributed by atoms with Crippen LogP contribution >= 0.6 is 0 Å². The lowest BCUT2D eigenvalue weighted by atomic mass is 10.3. The molecule has 17 heavy (non-hydrogen) atoms. The number of rotatable bonds is 3. The molecule has 5 N–H and O–H groups in total. The molecule has 0 radical (unpaired) electrons. The molecule has 0 aliphatic heterocycles. The van der Waals surface area contributed by atoms with Gasteiger partial charge in [0.05, 0.1) is 23.3 Å². The molecule has 0 saturated heterocycles. The molecule has 0 amide bonds. The van der Waals surface area contributed by atoms with Crippen molar-refractivity contribution in [1.82, 2.24) is 20.4 Å². The van der Waals surface area contributed by atoms with Crippen LogP contribution in [0.5, 0.6) is 0 Å². The molecule has 0 aliphatic rings. The molecule has 0 saturated carbocycles. The van der Waals surface area contributed by atoms with Crippen LogP contribution in [0.15, 0.2) is 11.1 Å². The second-order valence-electron chi connectivity index (χ2n) is 3.56. The molecule has 0 atom stereocenters. The zero-order valence-electron chi connectivity index (χ0n) is 9.27. The number of aromatic nitrogens is 4. The van der Waals surface area contributed by atoms with Crippen LogP contribution in [0.3, 0.4) is 0 Å². The third-order valence-electron chi connectivity index (χ3n) is 2.29. The van der Waals surface area contributed by atoms with E-state index in [1.54, 1.807) is 13.8 Å². The van der Waals surface area contributed by atoms with E-state index in [9.17, 15) is 8.42 Å². The van der Waals surface area contributed by atoms with Crippen molar-refractivity contribution in [3.63, 3.8) is 0 Å². The zero-order valence-corrected chi connectivity index (χ0v) is 10.1. The second-order valence-corrected chi connectivity index (χ2v) is 5.21. The monoisotopic (exact) mass is 256 g/mol. The highest BCUT2D eigenvalue weighted by Gasteiger charge is 2.21. The molecule has 9 heteroatoms. The minimum Gasteiger partial charge on any atom is -0.383 e. The van der Waals surface area contributed by atoms with E-state index in [-0.39, 0.29) is 10.7 Å². The van der Waals surface area contributed by atoms with Gasteiger partial charge in [-0.3, -0.25) is 14.9 Å². The second kappa shape index (κ2) is 3.77. The largest absolute Gasteiger partial charge is 0.383 e. The number of nitrogens with zero attached hydrogens (tertiary/aromatic N) is 2. The van der Waals surface area contributed by atoms with Gasteiger partial charge < -0.3 is 5.73 Å². The zero-order chi connectivity index (χ0) is 12.6. The number of aryl methyl sites for hydroxylation is 2. The average Bonchev–Trinajstić information content (AvgIpc) is 2.79. The number of hydrogen-bond donors (Lipinski definition) is 4. The van der Waals surface area contributed by atoms with Crippen molar-refractivity contribution in [2.75, 3.05) is 10.5 Å². The Hall–Kier alpha value is -2.03. The summed E-state index contributed by atoms with van der Waals surface area (Å²) >= 11 is 0. The van der Waals surface area contributed by atoms with E-state index in [0.29, 0.717) is 17.1 Å². The number of aromatic amines is 2. The highest BCUT2D eigenvalue weighted by molar-refractivity contribution is 7.92. The first-order chi connectivity index (χ1) is 7.92. The van der Waals surface area contributed by atoms with Gasteiger partial charge in [-0.05, 0) is 13.8 Å². The maximum absolute atomic E-state index is 12.0. The summed E-state index contributed by atoms with van der Waals surface area (Å²) in [5.41, 5.74) is 7.09. The van der Waals surface area contributed by atoms with E-state index in [1.165, 1.54) is 0 Å². The van der Waals surface area contributed by atoms with Gasteiger partial charge in [0.15, 0.2) is 0 Å². The Balaban J connectivity index is 2.40. The Morgan fingerprint density at radius 3 is 2.53 bits per heavy atom. The first-order valence-electron chi connectivity index (χ1n) is 4.75. The summed E-state index contributed by atoms with van der Waals surface area (Å²) in [4.78, 5) is -0.0856. The molecule has 0 bridgehead atoms. The van der Waals surface area contributed by atoms with Gasteiger partial charge in [0.25, 0.3) is 10.0 Å². The van der Waals surface area contributed by atoms with Crippen molar-refractivity contribution in [2.45, 2.75) is 18.7 Å². The summed E-state index contributed by atoms with van der Waals surface area (Å²) in [7, 11) is -3.74. The first kappa shape index (κ1) is 11.5. The molecule has 2 rings (SSSR count). The Labute approximate surface area is 97.7 Å². The maximum atomic E-state index is 12.0. The van der Waals surface area contributed by atoms with Crippen LogP contribution in [-0.2, 0) is 10.0 Å². The Morgan fingerprint density at radius 2 is 2.06 bits per heavy atom. The van der Waals surface area contributed by atoms with Gasteiger partial charge in [-0.2, -0.15) is 10.2 Å². The van der Waals surface area contributed by atoms with Gasteiger partial charge in [0.2, 0.25) is 0 Å². The van der Waals surface area contributed by atoms with E-state index < -0.39 is 10.0 Å². The third-order valence-corrected chi connectivity index (χ3v) is 3.66. The predicted molar refractivity (Wildman–Crippen MR) is 61.9 cm³/mol. The van der Waals surface area contributed by atoms with Gasteiger partial charge >= 0.3 is 0 Å². The number of nitrogens with two attached hydrogens (primary N) is 1. The number of sulfonamides is 1. The lowest BCUT2D eigenvalue weighted by molar-refractivity contribution is 0.601. The lowest BCUT2D eigenvalue weighted by Gasteiger charge is -2.06. The molecule has 92 valence electrons. The van der Waals surface area contributed by atoms with Crippen LogP contribution < -0.4 is 10.5 Å². The molecule has 0 fully saturated rings. The van der Waals surface area contributed by atoms with Crippen molar-refractivity contribution in [3.05, 3.63) is 17.6 Å². The van der Waals surface area contributed by atoms with Crippen molar-refractivity contribution in [2.24, 2.45) is 0 Å². The molecule has 2 aromatic rings. The van der Waals surface area contributed by atoms with Crippen LogP contribution in [0.1, 0.15) is 11.4 Å².